The van der Waals surface area contributed by atoms with Gasteiger partial charge in [-0.1, -0.05) is 19.3 Å². The van der Waals surface area contributed by atoms with Crippen LogP contribution in [0.2, 0.25) is 0 Å². The number of aliphatic hydroxyl groups excluding tert-OH is 1. The predicted molar refractivity (Wildman–Crippen MR) is 92.7 cm³/mol. The Kier molecular flexibility index (Phi) is 5.67. The fourth-order valence-corrected chi connectivity index (χ4v) is 4.54. The third-order valence-electron chi connectivity index (χ3n) is 5.28. The van der Waals surface area contributed by atoms with Crippen LogP contribution in [-0.2, 0) is 4.79 Å². The zero-order chi connectivity index (χ0) is 16.2. The van der Waals surface area contributed by atoms with Crippen LogP contribution >= 0.6 is 11.3 Å². The van der Waals surface area contributed by atoms with Gasteiger partial charge in [-0.25, -0.2) is 4.98 Å². The van der Waals surface area contributed by atoms with Crippen LogP contribution in [0.5, 0.6) is 0 Å². The van der Waals surface area contributed by atoms with E-state index in [1.807, 2.05) is 17.2 Å². The van der Waals surface area contributed by atoms with Crippen molar-refractivity contribution in [3.8, 4) is 0 Å². The van der Waals surface area contributed by atoms with Gasteiger partial charge in [0.1, 0.15) is 0 Å². The van der Waals surface area contributed by atoms with E-state index in [-0.39, 0.29) is 18.6 Å². The number of nitrogens with zero attached hydrogens (tertiary/aromatic N) is 3. The third-order valence-corrected chi connectivity index (χ3v) is 6.05. The summed E-state index contributed by atoms with van der Waals surface area (Å²) in [6, 6.07) is 0.151. The fourth-order valence-electron chi connectivity index (χ4n) is 3.83. The van der Waals surface area contributed by atoms with Crippen LogP contribution < -0.4 is 4.90 Å². The first-order valence-corrected chi connectivity index (χ1v) is 9.66. The lowest BCUT2D eigenvalue weighted by molar-refractivity contribution is -0.123. The molecule has 6 heteroatoms. The van der Waals surface area contributed by atoms with Crippen LogP contribution in [0.1, 0.15) is 45.4 Å². The van der Waals surface area contributed by atoms with Gasteiger partial charge in [0.2, 0.25) is 5.91 Å². The van der Waals surface area contributed by atoms with Crippen molar-refractivity contribution in [2.75, 3.05) is 24.6 Å². The molecule has 1 saturated carbocycles. The molecule has 1 aromatic rings. The molecule has 128 valence electrons. The number of hydrogen-bond donors (Lipinski definition) is 1. The average Bonchev–Trinajstić information content (AvgIpc) is 3.27. The third kappa shape index (κ3) is 3.75. The molecule has 3 rings (SSSR count). The lowest BCUT2D eigenvalue weighted by Crippen LogP contribution is -2.51. The van der Waals surface area contributed by atoms with Crippen LogP contribution in [0.25, 0.3) is 0 Å². The Bertz CT molecular complexity index is 502. The molecule has 1 aliphatic carbocycles. The SMILES string of the molecule is CC(C(=O)N(c1nccs1)C1CCCCC1)N1CCC(CO)C1. The smallest absolute Gasteiger partial charge is 0.246 e. The first kappa shape index (κ1) is 16.9. The summed E-state index contributed by atoms with van der Waals surface area (Å²) in [7, 11) is 0. The Balaban J connectivity index is 1.74. The van der Waals surface area contributed by atoms with Crippen molar-refractivity contribution in [3.63, 3.8) is 0 Å². The molecular formula is C17H27N3O2S. The van der Waals surface area contributed by atoms with Crippen molar-refractivity contribution < 1.29 is 9.90 Å². The van der Waals surface area contributed by atoms with Gasteiger partial charge in [0.05, 0.1) is 6.04 Å². The van der Waals surface area contributed by atoms with Gasteiger partial charge in [0.25, 0.3) is 0 Å². The van der Waals surface area contributed by atoms with Crippen LogP contribution in [0.4, 0.5) is 5.13 Å². The van der Waals surface area contributed by atoms with Crippen LogP contribution in [0, 0.1) is 5.92 Å². The van der Waals surface area contributed by atoms with Crippen molar-refractivity contribution in [2.24, 2.45) is 5.92 Å². The van der Waals surface area contributed by atoms with Gasteiger partial charge in [-0.15, -0.1) is 11.3 Å². The number of aliphatic hydroxyl groups is 1. The van der Waals surface area contributed by atoms with E-state index in [0.29, 0.717) is 12.0 Å². The summed E-state index contributed by atoms with van der Waals surface area (Å²) >= 11 is 1.55. The molecule has 1 aromatic heterocycles. The molecular weight excluding hydrogens is 310 g/mol. The van der Waals surface area contributed by atoms with Gasteiger partial charge in [-0.2, -0.15) is 0 Å². The maximum absolute atomic E-state index is 13.2. The number of hydrogen-bond acceptors (Lipinski definition) is 5. The van der Waals surface area contributed by atoms with E-state index in [4.69, 9.17) is 0 Å². The molecule has 2 aliphatic rings. The van der Waals surface area contributed by atoms with Crippen molar-refractivity contribution in [2.45, 2.75) is 57.5 Å². The normalized spacial score (nSPS) is 24.7. The van der Waals surface area contributed by atoms with Gasteiger partial charge >= 0.3 is 0 Å². The summed E-state index contributed by atoms with van der Waals surface area (Å²) < 4.78 is 0. The first-order chi connectivity index (χ1) is 11.2. The van der Waals surface area contributed by atoms with Crippen LogP contribution in [0.15, 0.2) is 11.6 Å². The number of carbonyl (C=O) groups is 1. The Hall–Kier alpha value is -0.980. The van der Waals surface area contributed by atoms with Crippen molar-refractivity contribution >= 4 is 22.4 Å². The minimum Gasteiger partial charge on any atom is -0.396 e. The molecule has 2 atom stereocenters. The second kappa shape index (κ2) is 7.73. The lowest BCUT2D eigenvalue weighted by atomic mass is 9.94. The number of carbonyl (C=O) groups excluding carboxylic acids is 1. The van der Waals surface area contributed by atoms with E-state index in [2.05, 4.69) is 9.88 Å². The zero-order valence-electron chi connectivity index (χ0n) is 13.9. The summed E-state index contributed by atoms with van der Waals surface area (Å²) in [4.78, 5) is 21.8. The molecule has 2 fully saturated rings. The summed E-state index contributed by atoms with van der Waals surface area (Å²) in [5.41, 5.74) is 0. The molecule has 0 bridgehead atoms. The number of aromatic nitrogens is 1. The monoisotopic (exact) mass is 337 g/mol. The van der Waals surface area contributed by atoms with Crippen molar-refractivity contribution in [3.05, 3.63) is 11.6 Å². The van der Waals surface area contributed by atoms with E-state index in [1.165, 1.54) is 19.3 Å². The summed E-state index contributed by atoms with van der Waals surface area (Å²) in [5.74, 6) is 0.485. The largest absolute Gasteiger partial charge is 0.396 e. The van der Waals surface area contributed by atoms with E-state index >= 15 is 0 Å². The number of rotatable bonds is 5. The average molecular weight is 337 g/mol. The predicted octanol–water partition coefficient (Wildman–Crippen LogP) is 2.51. The Labute approximate surface area is 142 Å². The van der Waals surface area contributed by atoms with Gasteiger partial charge in [0, 0.05) is 30.8 Å². The molecule has 1 amide bonds. The topological polar surface area (TPSA) is 56.7 Å². The highest BCUT2D eigenvalue weighted by atomic mass is 32.1. The van der Waals surface area contributed by atoms with Gasteiger partial charge in [0.15, 0.2) is 5.13 Å². The molecule has 23 heavy (non-hydrogen) atoms. The Morgan fingerprint density at radius 1 is 1.43 bits per heavy atom. The first-order valence-electron chi connectivity index (χ1n) is 8.78. The molecule has 5 nitrogen and oxygen atoms in total. The van der Waals surface area contributed by atoms with Crippen LogP contribution in [-0.4, -0.2) is 52.7 Å². The number of likely N-dealkylation sites (tertiary alicyclic amines) is 1. The molecule has 1 N–H and O–H groups in total. The molecule has 2 unspecified atom stereocenters. The summed E-state index contributed by atoms with van der Waals surface area (Å²) in [6.07, 6.45) is 8.60. The number of anilines is 1. The highest BCUT2D eigenvalue weighted by Crippen LogP contribution is 2.30. The summed E-state index contributed by atoms with van der Waals surface area (Å²) in [5, 5.41) is 12.1. The van der Waals surface area contributed by atoms with Gasteiger partial charge in [-0.05, 0) is 38.6 Å². The maximum atomic E-state index is 13.2. The van der Waals surface area contributed by atoms with E-state index in [9.17, 15) is 9.90 Å². The van der Waals surface area contributed by atoms with Crippen LogP contribution in [0.3, 0.4) is 0 Å². The zero-order valence-corrected chi connectivity index (χ0v) is 14.7. The highest BCUT2D eigenvalue weighted by Gasteiger charge is 2.36. The van der Waals surface area contributed by atoms with Crippen molar-refractivity contribution in [1.82, 2.24) is 9.88 Å². The van der Waals surface area contributed by atoms with E-state index in [0.717, 1.165) is 37.5 Å². The Morgan fingerprint density at radius 3 is 2.83 bits per heavy atom. The Morgan fingerprint density at radius 2 is 2.22 bits per heavy atom. The molecule has 1 aliphatic heterocycles. The van der Waals surface area contributed by atoms with E-state index in [1.54, 1.807) is 17.5 Å². The number of amides is 1. The molecule has 1 saturated heterocycles. The maximum Gasteiger partial charge on any atom is 0.246 e. The molecule has 2 heterocycles. The minimum absolute atomic E-state index is 0.141. The standard InChI is InChI=1S/C17H27N3O2S/c1-13(19-9-7-14(11-19)12-21)16(22)20(17-18-8-10-23-17)15-5-3-2-4-6-15/h8,10,13-15,21H,2-7,9,11-12H2,1H3. The highest BCUT2D eigenvalue weighted by molar-refractivity contribution is 7.13. The fraction of sp³-hybridized carbons (Fsp3) is 0.765. The summed E-state index contributed by atoms with van der Waals surface area (Å²) in [6.45, 7) is 3.94. The second-order valence-corrected chi connectivity index (χ2v) is 7.70. The lowest BCUT2D eigenvalue weighted by Gasteiger charge is -2.36. The van der Waals surface area contributed by atoms with Gasteiger partial charge < -0.3 is 5.11 Å². The van der Waals surface area contributed by atoms with Gasteiger partial charge in [-0.3, -0.25) is 14.6 Å². The minimum atomic E-state index is -0.141. The quantitative estimate of drug-likeness (QED) is 0.897. The second-order valence-electron chi connectivity index (χ2n) is 6.82. The molecule has 0 radical (unpaired) electrons. The molecule has 0 spiro atoms. The number of thiazole rings is 1. The van der Waals surface area contributed by atoms with E-state index < -0.39 is 0 Å². The molecule has 0 aromatic carbocycles. The van der Waals surface area contributed by atoms with Crippen molar-refractivity contribution in [1.29, 1.82) is 0 Å².